The predicted octanol–water partition coefficient (Wildman–Crippen LogP) is -4.31. The highest BCUT2D eigenvalue weighted by atomic mass is 16.4. The Morgan fingerprint density at radius 2 is 0.951 bits per heavy atom. The molecule has 4 aliphatic rings. The van der Waals surface area contributed by atoms with Crippen LogP contribution in [0.3, 0.4) is 0 Å². The smallest absolute Gasteiger partial charge is 0.328 e. The number of unbranched alkanes of at least 4 members (excludes halogenated alkanes) is 2. The number of aliphatic carboxylic acids is 4. The number of H-pyrrole nitrogens is 2. The zero-order valence-electron chi connectivity index (χ0n) is 69.0. The SMILES string of the molecule is CC(C)C[C@H](NC(=O)[C@H](CCCCN)NC(=O)[C@@H]1CCCN1C(=O)[C@H](CC(=O)O)NC(=O)[C@@H](NC(=O)[C@@H]1CCCN1C(=O)[C@@H](N)CCC(=O)O)C(C)C)C(=O)N[C@@H](CCC(=O)O)C(=O)N1CCC[C@H]1C(=O)N[C@@H](Cc1c[nH]c2ccccc12)C(=O)N[C@@H](CCCCN)C(=O)N[C@@H](Cc1cnc[nH]1)C(=O)N1CCC[C@H]1C(=O)NCC(=O)N[C@@H](CO)C(=O)O. The van der Waals surface area contributed by atoms with Gasteiger partial charge in [-0.1, -0.05) is 45.9 Å². The van der Waals surface area contributed by atoms with E-state index in [4.69, 9.17) is 22.3 Å². The quantitative estimate of drug-likeness (QED) is 0.0238. The van der Waals surface area contributed by atoms with E-state index in [1.54, 1.807) is 58.2 Å². The second-order valence-electron chi connectivity index (χ2n) is 31.9. The maximum absolute atomic E-state index is 15.2. The van der Waals surface area contributed by atoms with Gasteiger partial charge in [0.15, 0.2) is 0 Å². The van der Waals surface area contributed by atoms with Gasteiger partial charge in [-0.2, -0.15) is 0 Å². The second-order valence-corrected chi connectivity index (χ2v) is 31.9. The fourth-order valence-electron chi connectivity index (χ4n) is 15.5. The Kier molecular flexibility index (Phi) is 37.9. The number of carbonyl (C=O) groups excluding carboxylic acids is 14. The first-order valence-electron chi connectivity index (χ1n) is 41.4. The molecule has 14 amide bonds. The Morgan fingerprint density at radius 1 is 0.484 bits per heavy atom. The molecule has 4 fully saturated rings. The summed E-state index contributed by atoms with van der Waals surface area (Å²) in [6.45, 7) is 5.23. The molecule has 43 heteroatoms. The summed E-state index contributed by atoms with van der Waals surface area (Å²) in [5.74, 6) is -18.7. The van der Waals surface area contributed by atoms with E-state index in [0.29, 0.717) is 47.8 Å². The number of carbonyl (C=O) groups is 18. The molecule has 672 valence electrons. The molecular formula is C79H118N20O23. The van der Waals surface area contributed by atoms with Crippen LogP contribution < -0.4 is 70.4 Å². The van der Waals surface area contributed by atoms with Crippen LogP contribution in [-0.2, 0) is 99.1 Å². The molecule has 0 bridgehead atoms. The summed E-state index contributed by atoms with van der Waals surface area (Å²) in [7, 11) is 0. The van der Waals surface area contributed by atoms with Crippen LogP contribution in [0.25, 0.3) is 10.9 Å². The van der Waals surface area contributed by atoms with Crippen molar-refractivity contribution in [3.05, 3.63) is 54.2 Å². The van der Waals surface area contributed by atoms with Crippen LogP contribution >= 0.6 is 0 Å². The van der Waals surface area contributed by atoms with Crippen LogP contribution in [-0.4, -0.2) is 304 Å². The number of fused-ring (bicyclic) bond motifs is 1. The molecule has 23 N–H and O–H groups in total. The first kappa shape index (κ1) is 97.4. The largest absolute Gasteiger partial charge is 0.481 e. The number of aliphatic hydroxyl groups is 1. The summed E-state index contributed by atoms with van der Waals surface area (Å²) in [5, 5.41) is 74.4. The predicted molar refractivity (Wildman–Crippen MR) is 432 cm³/mol. The zero-order valence-corrected chi connectivity index (χ0v) is 69.0. The minimum Gasteiger partial charge on any atom is -0.481 e. The highest BCUT2D eigenvalue weighted by molar-refractivity contribution is 6.02. The molecule has 0 radical (unpaired) electrons. The molecule has 0 saturated carbocycles. The van der Waals surface area contributed by atoms with Gasteiger partial charge in [0.05, 0.1) is 31.9 Å². The summed E-state index contributed by atoms with van der Waals surface area (Å²) < 4.78 is 0. The third-order valence-corrected chi connectivity index (χ3v) is 21.9. The molecular weight excluding hydrogens is 1600 g/mol. The van der Waals surface area contributed by atoms with Crippen molar-refractivity contribution in [1.29, 1.82) is 0 Å². The van der Waals surface area contributed by atoms with Crippen LogP contribution in [0.5, 0.6) is 0 Å². The van der Waals surface area contributed by atoms with E-state index in [0.717, 1.165) is 9.80 Å². The minimum absolute atomic E-state index is 0.000688. The lowest BCUT2D eigenvalue weighted by Crippen LogP contribution is -2.61. The van der Waals surface area contributed by atoms with Gasteiger partial charge in [-0.3, -0.25) is 81.5 Å². The number of hydrogen-bond donors (Lipinski definition) is 20. The number of para-hydroxylation sites is 1. The summed E-state index contributed by atoms with van der Waals surface area (Å²) in [4.78, 5) is 263. The molecule has 122 heavy (non-hydrogen) atoms. The third kappa shape index (κ3) is 28.2. The van der Waals surface area contributed by atoms with Crippen LogP contribution in [0, 0.1) is 11.8 Å². The molecule has 2 aromatic heterocycles. The number of nitrogens with one attached hydrogen (secondary N) is 12. The van der Waals surface area contributed by atoms with E-state index in [2.05, 4.69) is 68.1 Å². The molecule has 4 saturated heterocycles. The maximum atomic E-state index is 15.2. The Morgan fingerprint density at radius 3 is 1.47 bits per heavy atom. The number of aromatic nitrogens is 3. The van der Waals surface area contributed by atoms with Crippen molar-refractivity contribution in [2.45, 2.75) is 254 Å². The second kappa shape index (κ2) is 47.5. The van der Waals surface area contributed by atoms with Crippen LogP contribution in [0.4, 0.5) is 0 Å². The average molecular weight is 1720 g/mol. The number of aromatic amines is 2. The van der Waals surface area contributed by atoms with Gasteiger partial charge in [-0.05, 0) is 146 Å². The highest BCUT2D eigenvalue weighted by Gasteiger charge is 2.46. The number of likely N-dealkylation sites (tertiary alicyclic amines) is 4. The fraction of sp³-hybridized carbons (Fsp3) is 0.633. The molecule has 4 aliphatic heterocycles. The number of hydrogen-bond acceptors (Lipinski definition) is 23. The monoisotopic (exact) mass is 1710 g/mol. The lowest BCUT2D eigenvalue weighted by Gasteiger charge is -2.32. The van der Waals surface area contributed by atoms with Crippen molar-refractivity contribution < 1.29 is 112 Å². The van der Waals surface area contributed by atoms with Crippen LogP contribution in [0.2, 0.25) is 0 Å². The minimum atomic E-state index is -1.81. The zero-order chi connectivity index (χ0) is 89.6. The van der Waals surface area contributed by atoms with Crippen molar-refractivity contribution in [1.82, 2.24) is 87.7 Å². The first-order chi connectivity index (χ1) is 58.0. The fourth-order valence-corrected chi connectivity index (χ4v) is 15.5. The van der Waals surface area contributed by atoms with Crippen molar-refractivity contribution in [2.24, 2.45) is 29.0 Å². The van der Waals surface area contributed by atoms with Crippen LogP contribution in [0.15, 0.2) is 43.0 Å². The van der Waals surface area contributed by atoms with E-state index >= 15 is 14.4 Å². The van der Waals surface area contributed by atoms with Gasteiger partial charge in [-0.25, -0.2) is 9.78 Å². The van der Waals surface area contributed by atoms with Gasteiger partial charge in [-0.15, -0.1) is 0 Å². The Hall–Kier alpha value is -11.7. The number of benzene rings is 1. The third-order valence-electron chi connectivity index (χ3n) is 21.9. The normalized spacial score (nSPS) is 18.8. The number of nitrogens with two attached hydrogens (primary N) is 3. The standard InChI is InChI=1S/C79H118N20O23/c1-42(2)33-52(91-66(108)50(18-8-10-28-81)89-71(113)58-20-14-32-99(58)78(120)55(36-64(106)107)94-74(116)65(43(3)4)95-73(115)60-22-12-29-96(60)75(117)47(82)23-25-62(102)103)68(110)90-51(24-26-63(104)105)76(118)98-31-13-21-59(98)72(114)92-53(34-44-37-84-48-16-6-5-15-46(44)48)69(111)88-49(17-7-9-27-80)67(109)93-54(35-45-38-83-41-86-45)77(119)97-30-11-19-57(97)70(112)85-39-61(101)87-56(40-100)79(121)122/h5-6,15-16,37-38,41-43,47,49-60,65,84,100H,7-14,17-36,39-40,80-82H2,1-4H3,(H,83,86)(H,85,112)(H,87,101)(H,88,111)(H,89,113)(H,90,110)(H,91,108)(H,92,114)(H,93,109)(H,94,116)(H,95,115)(H,102,103)(H,104,105)(H,106,107)(H,121,122)/t47-,49-,50-,51-,52-,53-,54-,55-,56-,57-,58-,59-,60-,65-/m0/s1. The topological polar surface area (TPSA) is 664 Å². The number of nitrogens with zero attached hydrogens (tertiary/aromatic N) is 5. The van der Waals surface area contributed by atoms with Crippen LogP contribution in [0.1, 0.15) is 167 Å². The van der Waals surface area contributed by atoms with E-state index in [1.807, 2.05) is 0 Å². The van der Waals surface area contributed by atoms with Gasteiger partial charge < -0.3 is 125 Å². The number of amides is 14. The summed E-state index contributed by atoms with van der Waals surface area (Å²) in [5.41, 5.74) is 19.3. The van der Waals surface area contributed by atoms with Gasteiger partial charge in [0.1, 0.15) is 78.5 Å². The summed E-state index contributed by atoms with van der Waals surface area (Å²) >= 11 is 0. The number of imidazole rings is 1. The Bertz CT molecular complexity index is 4200. The van der Waals surface area contributed by atoms with E-state index in [-0.39, 0.29) is 135 Å². The molecule has 3 aromatic rings. The molecule has 43 nitrogen and oxygen atoms in total. The van der Waals surface area contributed by atoms with Crippen molar-refractivity contribution >= 4 is 117 Å². The maximum Gasteiger partial charge on any atom is 0.328 e. The van der Waals surface area contributed by atoms with E-state index in [9.17, 15) is 92.3 Å². The first-order valence-corrected chi connectivity index (χ1v) is 41.4. The van der Waals surface area contributed by atoms with Crippen molar-refractivity contribution in [3.63, 3.8) is 0 Å². The number of carboxylic acid groups (broad SMARTS) is 4. The van der Waals surface area contributed by atoms with Gasteiger partial charge in [0.2, 0.25) is 82.7 Å². The van der Waals surface area contributed by atoms with E-state index < -0.39 is 236 Å². The van der Waals surface area contributed by atoms with E-state index in [1.165, 1.54) is 22.3 Å². The number of carboxylic acids is 4. The molecule has 0 unspecified atom stereocenters. The van der Waals surface area contributed by atoms with Gasteiger partial charge in [0.25, 0.3) is 0 Å². The summed E-state index contributed by atoms with van der Waals surface area (Å²) in [6, 6.07) is -12.9. The molecule has 0 aliphatic carbocycles. The van der Waals surface area contributed by atoms with Gasteiger partial charge in [0, 0.05) is 80.9 Å². The number of rotatable bonds is 49. The lowest BCUT2D eigenvalue weighted by atomic mass is 10.0. The molecule has 1 aromatic carbocycles. The molecule has 6 heterocycles. The Labute approximate surface area is 703 Å². The summed E-state index contributed by atoms with van der Waals surface area (Å²) in [6.07, 6.45) is 3.57. The average Bonchev–Trinajstić information content (AvgIpc) is 0.993. The number of aliphatic hydroxyl groups excluding tert-OH is 1. The van der Waals surface area contributed by atoms with Crippen molar-refractivity contribution in [2.75, 3.05) is 52.4 Å². The molecule has 14 atom stereocenters. The lowest BCUT2D eigenvalue weighted by molar-refractivity contribution is -0.146. The molecule has 7 rings (SSSR count). The highest BCUT2D eigenvalue weighted by Crippen LogP contribution is 2.27. The van der Waals surface area contributed by atoms with Crippen molar-refractivity contribution in [3.8, 4) is 0 Å². The molecule has 0 spiro atoms. The Balaban J connectivity index is 1.07. The van der Waals surface area contributed by atoms with Gasteiger partial charge >= 0.3 is 23.9 Å².